The van der Waals surface area contributed by atoms with Crippen LogP contribution in [-0.4, -0.2) is 16.9 Å². The van der Waals surface area contributed by atoms with Crippen LogP contribution in [0.1, 0.15) is 20.7 Å². The molecule has 0 unspecified atom stereocenters. The molecule has 3 aromatic carbocycles. The van der Waals surface area contributed by atoms with Gasteiger partial charge in [-0.25, -0.2) is 4.79 Å². The molecule has 0 aliphatic heterocycles. The van der Waals surface area contributed by atoms with E-state index in [9.17, 15) is 9.59 Å². The Labute approximate surface area is 171 Å². The van der Waals surface area contributed by atoms with Crippen molar-refractivity contribution >= 4 is 40.1 Å². The fourth-order valence-electron chi connectivity index (χ4n) is 2.87. The number of carbonyl (C=O) groups excluding carboxylic acids is 2. The molecule has 0 fully saturated rings. The molecule has 1 aromatic heterocycles. The maximum Gasteiger partial charge on any atom is 0.343 e. The zero-order chi connectivity index (χ0) is 20.2. The van der Waals surface area contributed by atoms with Crippen LogP contribution in [0.4, 0.5) is 5.69 Å². The quantitative estimate of drug-likeness (QED) is 0.368. The van der Waals surface area contributed by atoms with Gasteiger partial charge in [0.05, 0.1) is 16.8 Å². The smallest absolute Gasteiger partial charge is 0.343 e. The van der Waals surface area contributed by atoms with Gasteiger partial charge in [0.1, 0.15) is 5.75 Å². The molecule has 0 atom stereocenters. The van der Waals surface area contributed by atoms with E-state index in [1.807, 2.05) is 6.07 Å². The standard InChI is InChI=1S/C23H15ClN2O3/c24-17-10-8-15(9-11-17)22(27)26-19-12-13-20(18-7-4-14-25-21(18)19)29-23(28)16-5-2-1-3-6-16/h1-14H,(H,26,27). The zero-order valence-corrected chi connectivity index (χ0v) is 15.9. The molecule has 0 radical (unpaired) electrons. The Morgan fingerprint density at radius 3 is 2.34 bits per heavy atom. The number of rotatable bonds is 4. The van der Waals surface area contributed by atoms with Crippen molar-refractivity contribution in [3.63, 3.8) is 0 Å². The van der Waals surface area contributed by atoms with Crippen LogP contribution in [0, 0.1) is 0 Å². The van der Waals surface area contributed by atoms with Crippen molar-refractivity contribution in [2.45, 2.75) is 0 Å². The van der Waals surface area contributed by atoms with Gasteiger partial charge in [-0.1, -0.05) is 29.8 Å². The molecule has 4 aromatic rings. The molecule has 0 aliphatic carbocycles. The number of esters is 1. The Bertz CT molecular complexity index is 1190. The summed E-state index contributed by atoms with van der Waals surface area (Å²) in [5.41, 5.74) is 1.95. The summed E-state index contributed by atoms with van der Waals surface area (Å²) in [6, 6.07) is 22.2. The third kappa shape index (κ3) is 4.10. The number of pyridine rings is 1. The molecule has 0 saturated heterocycles. The lowest BCUT2D eigenvalue weighted by atomic mass is 10.1. The number of benzene rings is 3. The van der Waals surface area contributed by atoms with E-state index in [1.54, 1.807) is 79.0 Å². The Morgan fingerprint density at radius 1 is 0.828 bits per heavy atom. The second kappa shape index (κ2) is 8.12. The molecule has 0 spiro atoms. The van der Waals surface area contributed by atoms with Gasteiger partial charge in [-0.3, -0.25) is 9.78 Å². The zero-order valence-electron chi connectivity index (χ0n) is 15.1. The van der Waals surface area contributed by atoms with Crippen molar-refractivity contribution in [1.29, 1.82) is 0 Å². The number of ether oxygens (including phenoxy) is 1. The number of hydrogen-bond donors (Lipinski definition) is 1. The van der Waals surface area contributed by atoms with Gasteiger partial charge in [0.2, 0.25) is 0 Å². The van der Waals surface area contributed by atoms with E-state index in [0.29, 0.717) is 38.5 Å². The van der Waals surface area contributed by atoms with Crippen LogP contribution in [0.25, 0.3) is 10.9 Å². The first kappa shape index (κ1) is 18.7. The lowest BCUT2D eigenvalue weighted by Gasteiger charge is -2.12. The number of nitrogens with zero attached hydrogens (tertiary/aromatic N) is 1. The monoisotopic (exact) mass is 402 g/mol. The molecule has 1 amide bonds. The highest BCUT2D eigenvalue weighted by Crippen LogP contribution is 2.31. The molecule has 1 heterocycles. The molecule has 0 saturated carbocycles. The summed E-state index contributed by atoms with van der Waals surface area (Å²) >= 11 is 5.87. The summed E-state index contributed by atoms with van der Waals surface area (Å²) < 4.78 is 5.57. The van der Waals surface area contributed by atoms with E-state index in [1.165, 1.54) is 0 Å². The van der Waals surface area contributed by atoms with E-state index in [2.05, 4.69) is 10.3 Å². The maximum atomic E-state index is 12.5. The van der Waals surface area contributed by atoms with Crippen LogP contribution in [0.15, 0.2) is 85.1 Å². The normalized spacial score (nSPS) is 10.5. The van der Waals surface area contributed by atoms with Crippen molar-refractivity contribution in [2.75, 3.05) is 5.32 Å². The Balaban J connectivity index is 1.64. The molecule has 4 rings (SSSR count). The first-order chi connectivity index (χ1) is 14.1. The minimum absolute atomic E-state index is 0.289. The predicted molar refractivity (Wildman–Crippen MR) is 113 cm³/mol. The molecule has 6 heteroatoms. The van der Waals surface area contributed by atoms with Crippen LogP contribution in [-0.2, 0) is 0 Å². The molecule has 29 heavy (non-hydrogen) atoms. The molecule has 5 nitrogen and oxygen atoms in total. The number of hydrogen-bond acceptors (Lipinski definition) is 4. The minimum Gasteiger partial charge on any atom is -0.422 e. The number of fused-ring (bicyclic) bond motifs is 1. The van der Waals surface area contributed by atoms with Gasteiger partial charge in [0.25, 0.3) is 5.91 Å². The number of carbonyl (C=O) groups is 2. The number of anilines is 1. The fraction of sp³-hybridized carbons (Fsp3) is 0. The van der Waals surface area contributed by atoms with Crippen molar-refractivity contribution in [3.8, 4) is 5.75 Å². The summed E-state index contributed by atoms with van der Waals surface area (Å²) in [5.74, 6) is -0.386. The predicted octanol–water partition coefficient (Wildman–Crippen LogP) is 5.36. The molecule has 1 N–H and O–H groups in total. The summed E-state index contributed by atoms with van der Waals surface area (Å²) in [7, 11) is 0. The highest BCUT2D eigenvalue weighted by molar-refractivity contribution is 6.30. The summed E-state index contributed by atoms with van der Waals surface area (Å²) in [6.07, 6.45) is 1.61. The number of nitrogens with one attached hydrogen (secondary N) is 1. The van der Waals surface area contributed by atoms with Crippen LogP contribution < -0.4 is 10.1 Å². The average molecular weight is 403 g/mol. The van der Waals surface area contributed by atoms with Gasteiger partial charge in [0, 0.05) is 22.2 Å². The van der Waals surface area contributed by atoms with Crippen LogP contribution in [0.5, 0.6) is 5.75 Å². The number of amides is 1. The van der Waals surface area contributed by atoms with Crippen molar-refractivity contribution in [1.82, 2.24) is 4.98 Å². The largest absolute Gasteiger partial charge is 0.422 e. The Hall–Kier alpha value is -3.70. The molecular formula is C23H15ClN2O3. The second-order valence-corrected chi connectivity index (χ2v) is 6.66. The third-order valence-corrected chi connectivity index (χ3v) is 4.55. The van der Waals surface area contributed by atoms with Gasteiger partial charge in [0.15, 0.2) is 0 Å². The first-order valence-corrected chi connectivity index (χ1v) is 9.21. The fourth-order valence-corrected chi connectivity index (χ4v) is 2.99. The van der Waals surface area contributed by atoms with Crippen molar-refractivity contribution in [2.24, 2.45) is 0 Å². The molecular weight excluding hydrogens is 388 g/mol. The highest BCUT2D eigenvalue weighted by atomic mass is 35.5. The van der Waals surface area contributed by atoms with Gasteiger partial charge >= 0.3 is 5.97 Å². The SMILES string of the molecule is O=C(Nc1ccc(OC(=O)c2ccccc2)c2cccnc12)c1ccc(Cl)cc1. The van der Waals surface area contributed by atoms with Gasteiger partial charge in [-0.05, 0) is 60.7 Å². The summed E-state index contributed by atoms with van der Waals surface area (Å²) in [5, 5.41) is 4.02. The third-order valence-electron chi connectivity index (χ3n) is 4.30. The van der Waals surface area contributed by atoms with Gasteiger partial charge < -0.3 is 10.1 Å². The Kier molecular flexibility index (Phi) is 5.22. The van der Waals surface area contributed by atoms with E-state index < -0.39 is 5.97 Å². The van der Waals surface area contributed by atoms with Gasteiger partial charge in [-0.2, -0.15) is 0 Å². The molecule has 142 valence electrons. The van der Waals surface area contributed by atoms with Crippen LogP contribution >= 0.6 is 11.6 Å². The van der Waals surface area contributed by atoms with E-state index in [-0.39, 0.29) is 5.91 Å². The lowest BCUT2D eigenvalue weighted by Crippen LogP contribution is -2.13. The minimum atomic E-state index is -0.464. The first-order valence-electron chi connectivity index (χ1n) is 8.84. The van der Waals surface area contributed by atoms with Crippen LogP contribution in [0.2, 0.25) is 5.02 Å². The average Bonchev–Trinajstić information content (AvgIpc) is 2.76. The second-order valence-electron chi connectivity index (χ2n) is 6.23. The van der Waals surface area contributed by atoms with Crippen molar-refractivity contribution in [3.05, 3.63) is 101 Å². The van der Waals surface area contributed by atoms with Crippen molar-refractivity contribution < 1.29 is 14.3 Å². The lowest BCUT2D eigenvalue weighted by molar-refractivity contribution is 0.0737. The summed E-state index contributed by atoms with van der Waals surface area (Å²) in [4.78, 5) is 29.3. The Morgan fingerprint density at radius 2 is 1.59 bits per heavy atom. The van der Waals surface area contributed by atoms with E-state index in [0.717, 1.165) is 0 Å². The highest BCUT2D eigenvalue weighted by Gasteiger charge is 2.15. The van der Waals surface area contributed by atoms with Crippen LogP contribution in [0.3, 0.4) is 0 Å². The van der Waals surface area contributed by atoms with E-state index >= 15 is 0 Å². The summed E-state index contributed by atoms with van der Waals surface area (Å²) in [6.45, 7) is 0. The topological polar surface area (TPSA) is 68.3 Å². The van der Waals surface area contributed by atoms with Gasteiger partial charge in [-0.15, -0.1) is 0 Å². The number of aromatic nitrogens is 1. The molecule has 0 bridgehead atoms. The maximum absolute atomic E-state index is 12.5. The van der Waals surface area contributed by atoms with E-state index in [4.69, 9.17) is 16.3 Å². The molecule has 0 aliphatic rings. The number of halogens is 1.